The maximum atomic E-state index is 10.4. The second-order valence-corrected chi connectivity index (χ2v) is 14.3. The molecule has 0 saturated carbocycles. The zero-order chi connectivity index (χ0) is 32.1. The Kier molecular flexibility index (Phi) is 7.42. The van der Waals surface area contributed by atoms with Crippen molar-refractivity contribution in [3.63, 3.8) is 0 Å². The molecule has 8 aromatic carbocycles. The fourth-order valence-corrected chi connectivity index (χ4v) is 8.12. The van der Waals surface area contributed by atoms with Crippen LogP contribution in [0.1, 0.15) is 5.56 Å². The Morgan fingerprint density at radius 1 is 0.383 bits per heavy atom. The number of fused-ring (bicyclic) bond motifs is 3. The molecule has 8 rings (SSSR count). The molecule has 0 aliphatic heterocycles. The van der Waals surface area contributed by atoms with Gasteiger partial charge < -0.3 is 5.11 Å². The summed E-state index contributed by atoms with van der Waals surface area (Å²) in [5.41, 5.74) is 10.3. The van der Waals surface area contributed by atoms with E-state index in [4.69, 9.17) is 0 Å². The number of aromatic hydroxyl groups is 2. The van der Waals surface area contributed by atoms with Gasteiger partial charge in [0, 0.05) is 0 Å². The van der Waals surface area contributed by atoms with Crippen LogP contribution in [0.4, 0.5) is 0 Å². The molecule has 3 heteroatoms. The van der Waals surface area contributed by atoms with Crippen LogP contribution in [-0.4, -0.2) is 15.1 Å². The molecule has 0 amide bonds. The first kappa shape index (κ1) is 29.3. The first-order valence-electron chi connectivity index (χ1n) is 15.7. The van der Waals surface area contributed by atoms with Gasteiger partial charge in [-0.05, 0) is 6.92 Å². The number of rotatable bonds is 5. The molecular formula is C44H32IO2-. The predicted molar refractivity (Wildman–Crippen MR) is 193 cm³/mol. The molecule has 0 saturated heterocycles. The number of halogens is 1. The van der Waals surface area contributed by atoms with E-state index >= 15 is 0 Å². The second kappa shape index (κ2) is 11.9. The van der Waals surface area contributed by atoms with Gasteiger partial charge in [0.25, 0.3) is 0 Å². The standard InChI is InChI=1S/C44H32IO2/c1-27-11-13-28(14-12-27)39-35-7-3-5-9-37(35)42(31-19-25-34(47)26-20-31)44-40(29-15-21-32(45-2)22-16-29)36-8-4-6-10-38(36)41(43(39)44)30-17-23-33(46)24-18-30/h3-26,46-47H,1-2H3/q-1. The SMILES string of the molecule is C[I-]c1ccc(-c2c3ccccc3c(-c3ccc(O)cc3)c3c(-c4ccc(C)cc4)c4ccccc4c(-c4ccc(O)cc4)c23)cc1. The first-order valence-corrected chi connectivity index (χ1v) is 18.9. The van der Waals surface area contributed by atoms with Gasteiger partial charge in [0.1, 0.15) is 0 Å². The predicted octanol–water partition coefficient (Wildman–Crippen LogP) is 8.42. The molecule has 0 aliphatic carbocycles. The Labute approximate surface area is 284 Å². The van der Waals surface area contributed by atoms with E-state index in [9.17, 15) is 10.2 Å². The number of alkyl halides is 1. The van der Waals surface area contributed by atoms with E-state index in [1.165, 1.54) is 47.4 Å². The van der Waals surface area contributed by atoms with Crippen molar-refractivity contribution in [3.8, 4) is 56.0 Å². The van der Waals surface area contributed by atoms with E-state index in [2.05, 4.69) is 109 Å². The van der Waals surface area contributed by atoms with Crippen LogP contribution in [0, 0.1) is 10.5 Å². The van der Waals surface area contributed by atoms with Crippen molar-refractivity contribution in [3.05, 3.63) is 155 Å². The van der Waals surface area contributed by atoms with Crippen molar-refractivity contribution in [2.75, 3.05) is 4.93 Å². The summed E-state index contributed by atoms with van der Waals surface area (Å²) in [6, 6.07) is 50.8. The average Bonchev–Trinajstić information content (AvgIpc) is 3.11. The van der Waals surface area contributed by atoms with E-state index < -0.39 is 0 Å². The van der Waals surface area contributed by atoms with E-state index in [0.717, 1.165) is 38.6 Å². The molecule has 0 aliphatic rings. The van der Waals surface area contributed by atoms with E-state index in [1.54, 1.807) is 24.3 Å². The molecule has 0 spiro atoms. The summed E-state index contributed by atoms with van der Waals surface area (Å²) in [5, 5.41) is 27.7. The fraction of sp³-hybridized carbons (Fsp3) is 0.0455. The summed E-state index contributed by atoms with van der Waals surface area (Å²) in [5.74, 6) is 0.486. The molecule has 0 aromatic heterocycles. The summed E-state index contributed by atoms with van der Waals surface area (Å²) in [7, 11) is 0. The quantitative estimate of drug-likeness (QED) is 0.107. The summed E-state index contributed by atoms with van der Waals surface area (Å²) in [6.07, 6.45) is 0. The third-order valence-electron chi connectivity index (χ3n) is 9.18. The van der Waals surface area contributed by atoms with Gasteiger partial charge in [0.15, 0.2) is 0 Å². The molecular weight excluding hydrogens is 687 g/mol. The molecule has 0 bridgehead atoms. The van der Waals surface area contributed by atoms with Gasteiger partial charge in [0.2, 0.25) is 0 Å². The molecule has 8 aromatic rings. The van der Waals surface area contributed by atoms with Gasteiger partial charge in [-0.2, -0.15) is 0 Å². The third kappa shape index (κ3) is 5.02. The number of aryl methyl sites for hydroxylation is 1. The van der Waals surface area contributed by atoms with Crippen LogP contribution in [0.3, 0.4) is 0 Å². The monoisotopic (exact) mass is 719 g/mol. The second-order valence-electron chi connectivity index (χ2n) is 12.0. The van der Waals surface area contributed by atoms with E-state index in [1.807, 2.05) is 24.3 Å². The first-order chi connectivity index (χ1) is 23.0. The molecule has 2 nitrogen and oxygen atoms in total. The van der Waals surface area contributed by atoms with Crippen LogP contribution in [0.5, 0.6) is 11.5 Å². The van der Waals surface area contributed by atoms with Gasteiger partial charge in [-0.25, -0.2) is 0 Å². The molecule has 2 N–H and O–H groups in total. The van der Waals surface area contributed by atoms with E-state index in [-0.39, 0.29) is 32.7 Å². The summed E-state index contributed by atoms with van der Waals surface area (Å²) >= 11 is -0.0364. The van der Waals surface area contributed by atoms with Gasteiger partial charge >= 0.3 is 274 Å². The van der Waals surface area contributed by atoms with Crippen LogP contribution in [0.15, 0.2) is 146 Å². The number of phenolic OH excluding ortho intramolecular Hbond substituents is 2. The topological polar surface area (TPSA) is 40.5 Å². The fourth-order valence-electron chi connectivity index (χ4n) is 7.05. The van der Waals surface area contributed by atoms with Crippen LogP contribution in [0.25, 0.3) is 76.8 Å². The number of hydrogen-bond acceptors (Lipinski definition) is 2. The molecule has 0 heterocycles. The third-order valence-corrected chi connectivity index (χ3v) is 11.1. The molecule has 0 fully saturated rings. The Morgan fingerprint density at radius 3 is 1.00 bits per heavy atom. The normalized spacial score (nSPS) is 11.5. The van der Waals surface area contributed by atoms with Crippen molar-refractivity contribution >= 4 is 32.3 Å². The van der Waals surface area contributed by atoms with Gasteiger partial charge in [-0.15, -0.1) is 0 Å². The zero-order valence-electron chi connectivity index (χ0n) is 26.1. The van der Waals surface area contributed by atoms with Crippen LogP contribution < -0.4 is 21.2 Å². The van der Waals surface area contributed by atoms with Gasteiger partial charge in [-0.1, -0.05) is 0 Å². The molecule has 0 unspecified atom stereocenters. The summed E-state index contributed by atoms with van der Waals surface area (Å²) < 4.78 is 1.41. The minimum atomic E-state index is -0.0364. The molecule has 0 atom stereocenters. The Morgan fingerprint density at radius 2 is 0.681 bits per heavy atom. The summed E-state index contributed by atoms with van der Waals surface area (Å²) in [4.78, 5) is 2.30. The molecule has 0 radical (unpaired) electrons. The van der Waals surface area contributed by atoms with Crippen LogP contribution in [0.2, 0.25) is 0 Å². The minimum absolute atomic E-state index is 0.0364. The van der Waals surface area contributed by atoms with Gasteiger partial charge in [0.05, 0.1) is 0 Å². The van der Waals surface area contributed by atoms with Crippen molar-refractivity contribution in [1.29, 1.82) is 0 Å². The number of phenols is 2. The van der Waals surface area contributed by atoms with E-state index in [0.29, 0.717) is 0 Å². The maximum absolute atomic E-state index is 10.4. The Hall–Kier alpha value is -5.13. The Balaban J connectivity index is 1.72. The average molecular weight is 720 g/mol. The Bertz CT molecular complexity index is 2370. The van der Waals surface area contributed by atoms with Crippen molar-refractivity contribution in [2.45, 2.75) is 6.92 Å². The number of hydrogen-bond donors (Lipinski definition) is 2. The van der Waals surface area contributed by atoms with Gasteiger partial charge in [-0.3, -0.25) is 0 Å². The van der Waals surface area contributed by atoms with Crippen LogP contribution >= 0.6 is 0 Å². The molecule has 47 heavy (non-hydrogen) atoms. The van der Waals surface area contributed by atoms with Crippen molar-refractivity contribution in [2.24, 2.45) is 0 Å². The zero-order valence-corrected chi connectivity index (χ0v) is 28.3. The van der Waals surface area contributed by atoms with Crippen molar-refractivity contribution < 1.29 is 31.4 Å². The summed E-state index contributed by atoms with van der Waals surface area (Å²) in [6.45, 7) is 2.13. The molecule has 228 valence electrons. The van der Waals surface area contributed by atoms with Crippen molar-refractivity contribution in [1.82, 2.24) is 0 Å². The number of benzene rings is 8. The van der Waals surface area contributed by atoms with Crippen LogP contribution in [-0.2, 0) is 0 Å².